The van der Waals surface area contributed by atoms with Gasteiger partial charge < -0.3 is 10.2 Å². The average molecular weight is 345 g/mol. The molecule has 144 valence electrons. The van der Waals surface area contributed by atoms with Crippen LogP contribution in [-0.4, -0.2) is 47.4 Å². The minimum absolute atomic E-state index is 0.0833. The molecule has 0 rings (SSSR count). The van der Waals surface area contributed by atoms with Gasteiger partial charge >= 0.3 is 5.97 Å². The second-order valence-electron chi connectivity index (χ2n) is 6.69. The second kappa shape index (κ2) is 18.7. The molecule has 0 heterocycles. The quantitative estimate of drug-likeness (QED) is 0.244. The van der Waals surface area contributed by atoms with E-state index in [0.29, 0.717) is 6.61 Å². The topological polar surface area (TPSA) is 72.8 Å². The number of carbonyl (C=O) groups is 1. The Bertz CT molecular complexity index is 275. The third-order valence-corrected chi connectivity index (χ3v) is 4.28. The molecule has 0 atom stereocenters. The highest BCUT2D eigenvalue weighted by molar-refractivity contribution is 5.68. The van der Waals surface area contributed by atoms with Crippen molar-refractivity contribution in [1.82, 2.24) is 10.4 Å². The minimum atomic E-state index is -0.765. The van der Waals surface area contributed by atoms with Crippen molar-refractivity contribution in [3.63, 3.8) is 0 Å². The molecule has 24 heavy (non-hydrogen) atoms. The molecule has 0 unspecified atom stereocenters. The van der Waals surface area contributed by atoms with E-state index in [4.69, 9.17) is 10.2 Å². The number of hydrogen-bond donors (Lipinski definition) is 3. The standard InChI is InChI=1S/C19H40N2O3/c1-2-3-12-15-20-21(18-19(23)24)16-13-10-8-6-4-5-7-9-11-14-17-22/h20,22H,2-18H2,1H3,(H,23,24). The number of aliphatic carboxylic acids is 1. The number of nitrogens with zero attached hydrogens (tertiary/aromatic N) is 1. The van der Waals surface area contributed by atoms with Crippen LogP contribution in [0, 0.1) is 0 Å². The first-order valence-corrected chi connectivity index (χ1v) is 10.0. The number of carboxylic acid groups (broad SMARTS) is 1. The number of rotatable bonds is 19. The van der Waals surface area contributed by atoms with Crippen molar-refractivity contribution in [3.8, 4) is 0 Å². The van der Waals surface area contributed by atoms with E-state index in [2.05, 4.69) is 12.3 Å². The molecule has 0 bridgehead atoms. The van der Waals surface area contributed by atoms with Gasteiger partial charge in [0.15, 0.2) is 0 Å². The first kappa shape index (κ1) is 23.4. The summed E-state index contributed by atoms with van der Waals surface area (Å²) in [4.78, 5) is 10.9. The fourth-order valence-corrected chi connectivity index (χ4v) is 2.82. The van der Waals surface area contributed by atoms with Gasteiger partial charge in [0, 0.05) is 19.7 Å². The Kier molecular flexibility index (Phi) is 18.2. The van der Waals surface area contributed by atoms with Crippen molar-refractivity contribution in [1.29, 1.82) is 0 Å². The fraction of sp³-hybridized carbons (Fsp3) is 0.947. The summed E-state index contributed by atoms with van der Waals surface area (Å²) in [5, 5.41) is 19.5. The van der Waals surface area contributed by atoms with E-state index in [0.717, 1.165) is 38.8 Å². The zero-order chi connectivity index (χ0) is 17.9. The third kappa shape index (κ3) is 17.7. The Balaban J connectivity index is 3.49. The van der Waals surface area contributed by atoms with Crippen molar-refractivity contribution in [2.45, 2.75) is 90.4 Å². The minimum Gasteiger partial charge on any atom is -0.480 e. The molecule has 0 aliphatic heterocycles. The Labute approximate surface area is 148 Å². The van der Waals surface area contributed by atoms with Crippen molar-refractivity contribution in [2.24, 2.45) is 0 Å². The van der Waals surface area contributed by atoms with Gasteiger partial charge in [0.25, 0.3) is 0 Å². The van der Waals surface area contributed by atoms with E-state index in [1.807, 2.05) is 5.01 Å². The van der Waals surface area contributed by atoms with Crippen LogP contribution in [0.3, 0.4) is 0 Å². The maximum atomic E-state index is 10.9. The van der Waals surface area contributed by atoms with Crippen LogP contribution in [0.4, 0.5) is 0 Å². The van der Waals surface area contributed by atoms with Gasteiger partial charge in [0.05, 0.1) is 0 Å². The molecule has 0 saturated carbocycles. The SMILES string of the molecule is CCCCCNN(CCCCCCCCCCCCO)CC(=O)O. The van der Waals surface area contributed by atoms with Crippen LogP contribution in [0.2, 0.25) is 0 Å². The molecule has 0 spiro atoms. The normalized spacial score (nSPS) is 11.3. The molecule has 0 aromatic rings. The van der Waals surface area contributed by atoms with Crippen molar-refractivity contribution in [3.05, 3.63) is 0 Å². The Morgan fingerprint density at radius 1 is 0.833 bits per heavy atom. The smallest absolute Gasteiger partial charge is 0.319 e. The average Bonchev–Trinajstić information content (AvgIpc) is 2.55. The van der Waals surface area contributed by atoms with Crippen molar-refractivity contribution in [2.75, 3.05) is 26.2 Å². The predicted molar refractivity (Wildman–Crippen MR) is 100.0 cm³/mol. The molecule has 0 aliphatic carbocycles. The van der Waals surface area contributed by atoms with E-state index in [-0.39, 0.29) is 6.54 Å². The molecule has 0 aromatic heterocycles. The highest BCUT2D eigenvalue weighted by atomic mass is 16.4. The van der Waals surface area contributed by atoms with Crippen LogP contribution in [-0.2, 0) is 4.79 Å². The lowest BCUT2D eigenvalue weighted by Gasteiger charge is -2.21. The maximum absolute atomic E-state index is 10.9. The van der Waals surface area contributed by atoms with E-state index in [9.17, 15) is 4.79 Å². The number of carboxylic acids is 1. The summed E-state index contributed by atoms with van der Waals surface area (Å²) < 4.78 is 0. The van der Waals surface area contributed by atoms with Crippen molar-refractivity contribution >= 4 is 5.97 Å². The lowest BCUT2D eigenvalue weighted by molar-refractivity contribution is -0.139. The molecule has 0 radical (unpaired) electrons. The van der Waals surface area contributed by atoms with Gasteiger partial charge in [-0.1, -0.05) is 71.1 Å². The fourth-order valence-electron chi connectivity index (χ4n) is 2.82. The first-order valence-electron chi connectivity index (χ1n) is 10.0. The summed E-state index contributed by atoms with van der Waals surface area (Å²) >= 11 is 0. The van der Waals surface area contributed by atoms with Crippen LogP contribution in [0.15, 0.2) is 0 Å². The van der Waals surface area contributed by atoms with Gasteiger partial charge in [0.2, 0.25) is 0 Å². The van der Waals surface area contributed by atoms with Gasteiger partial charge in [-0.2, -0.15) is 0 Å². The molecule has 5 heteroatoms. The van der Waals surface area contributed by atoms with Crippen LogP contribution in [0.25, 0.3) is 0 Å². The van der Waals surface area contributed by atoms with E-state index in [1.54, 1.807) is 0 Å². The molecule has 0 aliphatic rings. The van der Waals surface area contributed by atoms with Crippen LogP contribution in [0.5, 0.6) is 0 Å². The maximum Gasteiger partial charge on any atom is 0.319 e. The summed E-state index contributed by atoms with van der Waals surface area (Å²) in [6.45, 7) is 4.27. The highest BCUT2D eigenvalue weighted by Gasteiger charge is 2.08. The van der Waals surface area contributed by atoms with Gasteiger partial charge in [-0.25, -0.2) is 5.01 Å². The first-order chi connectivity index (χ1) is 11.7. The predicted octanol–water partition coefficient (Wildman–Crippen LogP) is 3.96. The number of aliphatic hydroxyl groups is 1. The Morgan fingerprint density at radius 2 is 1.38 bits per heavy atom. The monoisotopic (exact) mass is 344 g/mol. The summed E-state index contributed by atoms with van der Waals surface area (Å²) in [5.74, 6) is -0.765. The summed E-state index contributed by atoms with van der Waals surface area (Å²) in [5.41, 5.74) is 3.26. The van der Waals surface area contributed by atoms with Crippen LogP contribution >= 0.6 is 0 Å². The molecule has 5 nitrogen and oxygen atoms in total. The number of hydrazine groups is 1. The molecule has 0 saturated heterocycles. The number of unbranched alkanes of at least 4 members (excludes halogenated alkanes) is 11. The molecular weight excluding hydrogens is 304 g/mol. The summed E-state index contributed by atoms with van der Waals surface area (Å²) in [6, 6.07) is 0. The molecule has 0 fully saturated rings. The van der Waals surface area contributed by atoms with Crippen LogP contribution < -0.4 is 5.43 Å². The van der Waals surface area contributed by atoms with E-state index < -0.39 is 5.97 Å². The van der Waals surface area contributed by atoms with Crippen LogP contribution in [0.1, 0.15) is 90.4 Å². The lowest BCUT2D eigenvalue weighted by Crippen LogP contribution is -2.42. The molecule has 0 amide bonds. The van der Waals surface area contributed by atoms with Gasteiger partial charge in [-0.05, 0) is 19.3 Å². The Morgan fingerprint density at radius 3 is 1.88 bits per heavy atom. The lowest BCUT2D eigenvalue weighted by atomic mass is 10.1. The zero-order valence-electron chi connectivity index (χ0n) is 15.8. The molecule has 0 aromatic carbocycles. The van der Waals surface area contributed by atoms with Gasteiger partial charge in [0.1, 0.15) is 6.54 Å². The zero-order valence-corrected chi connectivity index (χ0v) is 15.8. The Hall–Kier alpha value is -0.650. The summed E-state index contributed by atoms with van der Waals surface area (Å²) in [7, 11) is 0. The number of nitrogens with one attached hydrogen (secondary N) is 1. The molecular formula is C19H40N2O3. The summed E-state index contributed by atoms with van der Waals surface area (Å²) in [6.07, 6.45) is 15.5. The molecule has 3 N–H and O–H groups in total. The van der Waals surface area contributed by atoms with E-state index in [1.165, 1.54) is 57.8 Å². The largest absolute Gasteiger partial charge is 0.480 e. The number of aliphatic hydroxyl groups excluding tert-OH is 1. The number of hydrogen-bond acceptors (Lipinski definition) is 4. The van der Waals surface area contributed by atoms with Crippen molar-refractivity contribution < 1.29 is 15.0 Å². The second-order valence-corrected chi connectivity index (χ2v) is 6.69. The third-order valence-electron chi connectivity index (χ3n) is 4.28. The van der Waals surface area contributed by atoms with Gasteiger partial charge in [-0.15, -0.1) is 0 Å². The van der Waals surface area contributed by atoms with E-state index >= 15 is 0 Å². The highest BCUT2D eigenvalue weighted by Crippen LogP contribution is 2.10. The van der Waals surface area contributed by atoms with Gasteiger partial charge in [-0.3, -0.25) is 10.2 Å².